The molecule has 2 N–H and O–H groups in total. The molecular formula is C58H53F3N2O4. The summed E-state index contributed by atoms with van der Waals surface area (Å²) in [4.78, 5) is 0. The molecule has 0 radical (unpaired) electrons. The predicted octanol–water partition coefficient (Wildman–Crippen LogP) is 14.5. The van der Waals surface area contributed by atoms with Crippen molar-refractivity contribution in [3.05, 3.63) is 224 Å². The lowest BCUT2D eigenvalue weighted by Crippen LogP contribution is -2.25. The van der Waals surface area contributed by atoms with Crippen LogP contribution in [0.15, 0.2) is 158 Å². The van der Waals surface area contributed by atoms with Crippen LogP contribution >= 0.6 is 0 Å². The van der Waals surface area contributed by atoms with Crippen LogP contribution < -0.4 is 29.6 Å². The van der Waals surface area contributed by atoms with Gasteiger partial charge in [0.25, 0.3) is 0 Å². The largest absolute Gasteiger partial charge is 0.497 e. The van der Waals surface area contributed by atoms with Crippen LogP contribution in [0.2, 0.25) is 0 Å². The van der Waals surface area contributed by atoms with E-state index in [9.17, 15) is 0 Å². The highest BCUT2D eigenvalue weighted by molar-refractivity contribution is 5.93. The van der Waals surface area contributed by atoms with Gasteiger partial charge in [0, 0.05) is 23.2 Å². The van der Waals surface area contributed by atoms with Crippen molar-refractivity contribution in [2.45, 2.75) is 50.9 Å². The number of alkyl halides is 3. The number of hydrogen-bond acceptors (Lipinski definition) is 6. The van der Waals surface area contributed by atoms with Crippen LogP contribution in [0.3, 0.4) is 0 Å². The first-order valence-corrected chi connectivity index (χ1v) is 22.3. The molecular weight excluding hydrogens is 846 g/mol. The van der Waals surface area contributed by atoms with Gasteiger partial charge >= 0.3 is 6.18 Å². The third-order valence-electron chi connectivity index (χ3n) is 13.2. The summed E-state index contributed by atoms with van der Waals surface area (Å²) in [5, 5.41) is 10.3. The molecule has 0 saturated carbocycles. The van der Waals surface area contributed by atoms with Gasteiger partial charge in [-0.15, -0.1) is 0 Å². The Kier molecular flexibility index (Phi) is 12.4. The second kappa shape index (κ2) is 18.5. The van der Waals surface area contributed by atoms with Gasteiger partial charge in [0.2, 0.25) is 0 Å². The molecule has 8 aromatic carbocycles. The van der Waals surface area contributed by atoms with Crippen molar-refractivity contribution in [1.29, 1.82) is 0 Å². The second-order valence-corrected chi connectivity index (χ2v) is 17.3. The highest BCUT2D eigenvalue weighted by Gasteiger charge is 2.40. The van der Waals surface area contributed by atoms with E-state index in [2.05, 4.69) is 79.9 Å². The van der Waals surface area contributed by atoms with E-state index in [1.54, 1.807) is 28.4 Å². The first-order chi connectivity index (χ1) is 32.4. The maximum Gasteiger partial charge on any atom is 0.416 e. The first-order valence-electron chi connectivity index (χ1n) is 22.3. The van der Waals surface area contributed by atoms with Gasteiger partial charge in [-0.25, -0.2) is 0 Å². The molecule has 2 atom stereocenters. The molecule has 9 rings (SSSR count). The van der Waals surface area contributed by atoms with Gasteiger partial charge in [-0.3, -0.25) is 0 Å². The summed E-state index contributed by atoms with van der Waals surface area (Å²) in [6.07, 6.45) is -4.71. The molecule has 0 spiro atoms. The average molecular weight is 899 g/mol. The van der Waals surface area contributed by atoms with Crippen molar-refractivity contribution in [3.8, 4) is 23.0 Å². The number of nitrogens with one attached hydrogen (secondary N) is 2. The fourth-order valence-corrected chi connectivity index (χ4v) is 10.1. The lowest BCUT2D eigenvalue weighted by Gasteiger charge is -2.34. The Labute approximate surface area is 390 Å². The summed E-state index contributed by atoms with van der Waals surface area (Å²) in [6.45, 7) is 6.32. The molecule has 6 nitrogen and oxygen atoms in total. The number of anilines is 2. The summed E-state index contributed by atoms with van der Waals surface area (Å²) < 4.78 is 69.9. The van der Waals surface area contributed by atoms with Crippen molar-refractivity contribution >= 4 is 22.1 Å². The summed E-state index contributed by atoms with van der Waals surface area (Å²) in [7, 11) is 6.39. The third-order valence-corrected chi connectivity index (χ3v) is 13.2. The Morgan fingerprint density at radius 1 is 0.448 bits per heavy atom. The molecule has 8 aromatic rings. The van der Waals surface area contributed by atoms with E-state index in [1.165, 1.54) is 12.1 Å². The number of rotatable bonds is 14. The Morgan fingerprint density at radius 3 is 1.12 bits per heavy atom. The highest BCUT2D eigenvalue weighted by Crippen LogP contribution is 2.52. The Bertz CT molecular complexity index is 2800. The summed E-state index contributed by atoms with van der Waals surface area (Å²) in [5.41, 5.74) is 10.4. The van der Waals surface area contributed by atoms with E-state index >= 15 is 13.2 Å². The minimum Gasteiger partial charge on any atom is -0.497 e. The van der Waals surface area contributed by atoms with Gasteiger partial charge in [0.05, 0.1) is 46.1 Å². The predicted molar refractivity (Wildman–Crippen MR) is 263 cm³/mol. The molecule has 9 heteroatoms. The molecule has 0 aliphatic heterocycles. The molecule has 0 fully saturated rings. The van der Waals surface area contributed by atoms with Crippen molar-refractivity contribution in [3.63, 3.8) is 0 Å². The summed E-state index contributed by atoms with van der Waals surface area (Å²) >= 11 is 0. The lowest BCUT2D eigenvalue weighted by molar-refractivity contribution is -0.137. The molecule has 1 aliphatic carbocycles. The Hall–Kier alpha value is -7.39. The average Bonchev–Trinajstić information content (AvgIpc) is 3.63. The van der Waals surface area contributed by atoms with Crippen LogP contribution in [0.4, 0.5) is 24.5 Å². The third kappa shape index (κ3) is 8.74. The zero-order chi connectivity index (χ0) is 47.0. The van der Waals surface area contributed by atoms with Gasteiger partial charge < -0.3 is 29.6 Å². The van der Waals surface area contributed by atoms with Crippen molar-refractivity contribution < 1.29 is 32.1 Å². The molecule has 2 unspecified atom stereocenters. The zero-order valence-electron chi connectivity index (χ0n) is 38.6. The van der Waals surface area contributed by atoms with E-state index < -0.39 is 29.6 Å². The van der Waals surface area contributed by atoms with Crippen LogP contribution in [0, 0.1) is 20.8 Å². The SMILES string of the molecule is COc1ccc(C(c2ccc(OC)cc2)c2cc(C(F)(F)F)cc(C(c3ccc(OC)cc3)c3ccc(OC)cc3)c2NC2c3cccc4cccc(c34)C2Nc2c(C)cc(C)cc2C)cc1. The number of aryl methyl sites for hydroxylation is 3. The number of ether oxygens (including phenoxy) is 4. The molecule has 0 heterocycles. The topological polar surface area (TPSA) is 61.0 Å². The van der Waals surface area contributed by atoms with Crippen molar-refractivity contribution in [1.82, 2.24) is 0 Å². The number of halogens is 3. The first kappa shape index (κ1) is 44.8. The molecule has 0 aromatic heterocycles. The fourth-order valence-electron chi connectivity index (χ4n) is 10.1. The van der Waals surface area contributed by atoms with E-state index in [0.29, 0.717) is 39.8 Å². The normalized spacial score (nSPS) is 14.4. The van der Waals surface area contributed by atoms with Crippen LogP contribution in [0.5, 0.6) is 23.0 Å². The second-order valence-electron chi connectivity index (χ2n) is 17.3. The Balaban J connectivity index is 1.38. The van der Waals surface area contributed by atoms with E-state index in [0.717, 1.165) is 66.5 Å². The van der Waals surface area contributed by atoms with E-state index in [4.69, 9.17) is 18.9 Å². The van der Waals surface area contributed by atoms with E-state index in [1.807, 2.05) is 97.1 Å². The zero-order valence-corrected chi connectivity index (χ0v) is 38.6. The fraction of sp³-hybridized carbons (Fsp3) is 0.207. The minimum atomic E-state index is -4.71. The van der Waals surface area contributed by atoms with Crippen LogP contribution in [-0.4, -0.2) is 28.4 Å². The number of methoxy groups -OCH3 is 4. The molecule has 0 saturated heterocycles. The van der Waals surface area contributed by atoms with Gasteiger partial charge in [-0.2, -0.15) is 13.2 Å². The maximum absolute atomic E-state index is 15.9. The molecule has 0 bridgehead atoms. The van der Waals surface area contributed by atoms with Gasteiger partial charge in [-0.1, -0.05) is 103 Å². The molecule has 340 valence electrons. The number of hydrogen-bond donors (Lipinski definition) is 2. The standard InChI is InChI=1S/C58H53F3N2O4/c1-34-30-35(2)54(36(3)31-34)62-56-47-12-8-10-37-11-9-13-48(53(37)47)57(56)63-55-49(51(38-14-22-43(64-4)23-15-38)39-16-24-44(65-5)25-17-39)32-42(58(59,60)61)33-50(55)52(40-18-26-45(66-6)27-19-40)41-20-28-46(67-7)29-21-41/h8-33,51-52,56-57,62-63H,1-7H3. The van der Waals surface area contributed by atoms with Crippen LogP contribution in [0.1, 0.15) is 90.7 Å². The smallest absolute Gasteiger partial charge is 0.416 e. The van der Waals surface area contributed by atoms with Gasteiger partial charge in [-0.05, 0) is 148 Å². The summed E-state index contributed by atoms with van der Waals surface area (Å²) in [5.74, 6) is 1.14. The van der Waals surface area contributed by atoms with Gasteiger partial charge in [0.15, 0.2) is 0 Å². The summed E-state index contributed by atoms with van der Waals surface area (Å²) in [6, 6.07) is 49.2. The maximum atomic E-state index is 15.9. The van der Waals surface area contributed by atoms with E-state index in [-0.39, 0.29) is 6.04 Å². The molecule has 1 aliphatic rings. The molecule has 0 amide bonds. The van der Waals surface area contributed by atoms with Crippen molar-refractivity contribution in [2.75, 3.05) is 39.1 Å². The quantitative estimate of drug-likeness (QED) is 0.106. The Morgan fingerprint density at radius 2 is 0.791 bits per heavy atom. The van der Waals surface area contributed by atoms with Crippen LogP contribution in [0.25, 0.3) is 10.8 Å². The highest BCUT2D eigenvalue weighted by atomic mass is 19.4. The van der Waals surface area contributed by atoms with Gasteiger partial charge in [0.1, 0.15) is 23.0 Å². The number of benzene rings is 8. The molecule has 67 heavy (non-hydrogen) atoms. The van der Waals surface area contributed by atoms with Crippen LogP contribution in [-0.2, 0) is 6.18 Å². The monoisotopic (exact) mass is 898 g/mol. The minimum absolute atomic E-state index is 0.329. The van der Waals surface area contributed by atoms with Crippen molar-refractivity contribution in [2.24, 2.45) is 0 Å². The lowest BCUT2D eigenvalue weighted by atomic mass is 9.77.